The fourth-order valence-corrected chi connectivity index (χ4v) is 5.16. The maximum absolute atomic E-state index is 13.3. The van der Waals surface area contributed by atoms with E-state index in [1.165, 1.54) is 24.3 Å². The summed E-state index contributed by atoms with van der Waals surface area (Å²) < 4.78 is 13.3. The Hall–Kier alpha value is -3.78. The number of hydrogen-bond acceptors (Lipinski definition) is 5. The number of carbonyl (C=O) groups is 2. The number of imide groups is 1. The van der Waals surface area contributed by atoms with Crippen LogP contribution in [0.25, 0.3) is 0 Å². The number of anilines is 1. The molecule has 5 rings (SSSR count). The van der Waals surface area contributed by atoms with Gasteiger partial charge in [0.05, 0.1) is 17.4 Å². The van der Waals surface area contributed by atoms with E-state index in [2.05, 4.69) is 0 Å². The summed E-state index contributed by atoms with van der Waals surface area (Å²) in [6.07, 6.45) is 0.596. The van der Waals surface area contributed by atoms with Gasteiger partial charge < -0.3 is 0 Å². The van der Waals surface area contributed by atoms with Gasteiger partial charge in [-0.05, 0) is 35.4 Å². The Labute approximate surface area is 200 Å². The summed E-state index contributed by atoms with van der Waals surface area (Å²) in [5.41, 5.74) is 3.20. The van der Waals surface area contributed by atoms with E-state index in [9.17, 15) is 14.0 Å². The number of nitrogens with one attached hydrogen (secondary N) is 1. The standard InChI is InChI=1S/C26H21FN4O2S/c27-19-11-13-20(14-12-19)30-24(32)16-23(25(30)33)34-26(28)31-22(18-9-5-2-6-10-18)15-21(29-31)17-7-3-1-4-8-17/h1-14,22-23,28H,15-16H2/t22-,23+/m0/s1. The minimum Gasteiger partial charge on any atom is -0.277 e. The molecule has 2 amide bonds. The van der Waals surface area contributed by atoms with Crippen LogP contribution in [0.5, 0.6) is 0 Å². The number of thioether (sulfide) groups is 1. The van der Waals surface area contributed by atoms with Crippen LogP contribution in [0.2, 0.25) is 0 Å². The smallest absolute Gasteiger partial charge is 0.247 e. The van der Waals surface area contributed by atoms with Gasteiger partial charge in [0.25, 0.3) is 0 Å². The summed E-state index contributed by atoms with van der Waals surface area (Å²) in [6, 6.07) is 24.7. The van der Waals surface area contributed by atoms with Gasteiger partial charge in [0.2, 0.25) is 11.8 Å². The van der Waals surface area contributed by atoms with Crippen molar-refractivity contribution >= 4 is 40.1 Å². The Balaban J connectivity index is 1.38. The fraction of sp³-hybridized carbons (Fsp3) is 0.154. The fourth-order valence-electron chi connectivity index (χ4n) is 4.18. The molecule has 0 spiro atoms. The number of amides is 2. The summed E-state index contributed by atoms with van der Waals surface area (Å²) in [5, 5.41) is 14.5. The summed E-state index contributed by atoms with van der Waals surface area (Å²) >= 11 is 1.03. The number of hydrogen-bond donors (Lipinski definition) is 1. The van der Waals surface area contributed by atoms with E-state index < -0.39 is 17.0 Å². The minimum atomic E-state index is -0.738. The van der Waals surface area contributed by atoms with E-state index in [0.29, 0.717) is 12.1 Å². The highest BCUT2D eigenvalue weighted by Crippen LogP contribution is 2.37. The third kappa shape index (κ3) is 4.24. The van der Waals surface area contributed by atoms with Crippen molar-refractivity contribution in [3.8, 4) is 0 Å². The van der Waals surface area contributed by atoms with Crippen LogP contribution in [0.3, 0.4) is 0 Å². The molecule has 0 aliphatic carbocycles. The van der Waals surface area contributed by atoms with Gasteiger partial charge in [0, 0.05) is 12.8 Å². The van der Waals surface area contributed by atoms with Gasteiger partial charge in [-0.2, -0.15) is 5.10 Å². The lowest BCUT2D eigenvalue weighted by atomic mass is 9.99. The Morgan fingerprint density at radius 3 is 2.24 bits per heavy atom. The molecule has 34 heavy (non-hydrogen) atoms. The van der Waals surface area contributed by atoms with E-state index in [1.54, 1.807) is 5.01 Å². The molecule has 0 radical (unpaired) electrons. The Kier molecular flexibility index (Phi) is 5.98. The number of hydrazone groups is 1. The largest absolute Gasteiger partial charge is 0.277 e. The lowest BCUT2D eigenvalue weighted by Crippen LogP contribution is -2.32. The quantitative estimate of drug-likeness (QED) is 0.330. The lowest BCUT2D eigenvalue weighted by Gasteiger charge is -2.24. The topological polar surface area (TPSA) is 76.8 Å². The third-order valence-corrected chi connectivity index (χ3v) is 6.92. The molecule has 6 nitrogen and oxygen atoms in total. The molecule has 1 fully saturated rings. The van der Waals surface area contributed by atoms with Crippen LogP contribution in [0.4, 0.5) is 10.1 Å². The van der Waals surface area contributed by atoms with Crippen molar-refractivity contribution in [2.75, 3.05) is 4.90 Å². The first-order valence-electron chi connectivity index (χ1n) is 10.9. The molecule has 0 unspecified atom stereocenters. The highest BCUT2D eigenvalue weighted by molar-refractivity contribution is 8.14. The number of rotatable bonds is 4. The highest BCUT2D eigenvalue weighted by atomic mass is 32.2. The first-order valence-corrected chi connectivity index (χ1v) is 11.7. The molecular formula is C26H21FN4O2S. The maximum Gasteiger partial charge on any atom is 0.247 e. The van der Waals surface area contributed by atoms with Crippen molar-refractivity contribution in [2.24, 2.45) is 5.10 Å². The molecule has 3 aromatic rings. The van der Waals surface area contributed by atoms with Gasteiger partial charge >= 0.3 is 0 Å². The van der Waals surface area contributed by atoms with Crippen molar-refractivity contribution in [1.29, 1.82) is 5.41 Å². The van der Waals surface area contributed by atoms with Gasteiger partial charge in [-0.3, -0.25) is 15.0 Å². The zero-order valence-electron chi connectivity index (χ0n) is 18.1. The van der Waals surface area contributed by atoms with Gasteiger partial charge in [0.15, 0.2) is 5.17 Å². The Morgan fingerprint density at radius 1 is 0.912 bits per heavy atom. The van der Waals surface area contributed by atoms with Crippen LogP contribution in [0.15, 0.2) is 90.0 Å². The van der Waals surface area contributed by atoms with Crippen molar-refractivity contribution in [3.05, 3.63) is 102 Å². The molecule has 2 atom stereocenters. The molecule has 170 valence electrons. The molecule has 2 aliphatic heterocycles. The average Bonchev–Trinajstić information content (AvgIpc) is 3.42. The average molecular weight is 473 g/mol. The van der Waals surface area contributed by atoms with E-state index in [0.717, 1.165) is 33.5 Å². The van der Waals surface area contributed by atoms with Crippen LogP contribution < -0.4 is 4.90 Å². The van der Waals surface area contributed by atoms with Crippen LogP contribution >= 0.6 is 11.8 Å². The SMILES string of the molecule is N=C(S[C@@H]1CC(=O)N(c2ccc(F)cc2)C1=O)N1N=C(c2ccccc2)C[C@H]1c1ccccc1. The molecule has 3 aromatic carbocycles. The normalized spacial score (nSPS) is 20.1. The van der Waals surface area contributed by atoms with Crippen LogP contribution in [-0.2, 0) is 9.59 Å². The van der Waals surface area contributed by atoms with E-state index in [4.69, 9.17) is 10.5 Å². The van der Waals surface area contributed by atoms with Crippen molar-refractivity contribution < 1.29 is 14.0 Å². The van der Waals surface area contributed by atoms with E-state index in [-0.39, 0.29) is 23.5 Å². The second-order valence-corrected chi connectivity index (χ2v) is 9.24. The number of amidine groups is 1. The Morgan fingerprint density at radius 2 is 1.56 bits per heavy atom. The van der Waals surface area contributed by atoms with Crippen molar-refractivity contribution in [1.82, 2.24) is 5.01 Å². The molecule has 2 heterocycles. The second kappa shape index (κ2) is 9.23. The van der Waals surface area contributed by atoms with Crippen LogP contribution in [0.1, 0.15) is 30.0 Å². The zero-order valence-corrected chi connectivity index (χ0v) is 18.9. The number of carbonyl (C=O) groups excluding carboxylic acids is 2. The minimum absolute atomic E-state index is 0.0254. The van der Waals surface area contributed by atoms with Gasteiger partial charge in [-0.25, -0.2) is 14.3 Å². The highest BCUT2D eigenvalue weighted by Gasteiger charge is 2.42. The van der Waals surface area contributed by atoms with Crippen LogP contribution in [0, 0.1) is 11.2 Å². The van der Waals surface area contributed by atoms with Crippen molar-refractivity contribution in [3.63, 3.8) is 0 Å². The molecule has 0 bridgehead atoms. The third-order valence-electron chi connectivity index (χ3n) is 5.85. The molecule has 1 saturated heterocycles. The van der Waals surface area contributed by atoms with Crippen LogP contribution in [-0.4, -0.2) is 33.0 Å². The van der Waals surface area contributed by atoms with E-state index in [1.807, 2.05) is 60.7 Å². The molecule has 1 N–H and O–H groups in total. The summed E-state index contributed by atoms with van der Waals surface area (Å²) in [6.45, 7) is 0. The molecule has 8 heteroatoms. The van der Waals surface area contributed by atoms with Crippen molar-refractivity contribution in [2.45, 2.75) is 24.1 Å². The van der Waals surface area contributed by atoms with Gasteiger partial charge in [-0.1, -0.05) is 72.4 Å². The summed E-state index contributed by atoms with van der Waals surface area (Å²) in [5.74, 6) is -1.21. The summed E-state index contributed by atoms with van der Waals surface area (Å²) in [7, 11) is 0. The summed E-state index contributed by atoms with van der Waals surface area (Å²) in [4.78, 5) is 26.7. The predicted octanol–water partition coefficient (Wildman–Crippen LogP) is 4.98. The van der Waals surface area contributed by atoms with Gasteiger partial charge in [0.1, 0.15) is 11.1 Å². The molecule has 0 aromatic heterocycles. The van der Waals surface area contributed by atoms with E-state index >= 15 is 0 Å². The lowest BCUT2D eigenvalue weighted by molar-refractivity contribution is -0.121. The monoisotopic (exact) mass is 472 g/mol. The first kappa shape index (κ1) is 22.0. The Bertz CT molecular complexity index is 1260. The molecule has 2 aliphatic rings. The maximum atomic E-state index is 13.3. The van der Waals surface area contributed by atoms with Gasteiger partial charge in [-0.15, -0.1) is 0 Å². The molecule has 0 saturated carbocycles. The first-order chi connectivity index (χ1) is 16.5. The zero-order chi connectivity index (χ0) is 23.7. The number of nitrogens with zero attached hydrogens (tertiary/aromatic N) is 3. The number of halogens is 1. The predicted molar refractivity (Wildman–Crippen MR) is 131 cm³/mol. The second-order valence-electron chi connectivity index (χ2n) is 8.05. The number of benzene rings is 3. The molecular weight excluding hydrogens is 451 g/mol.